The van der Waals surface area contributed by atoms with Gasteiger partial charge in [0, 0.05) is 6.92 Å². The van der Waals surface area contributed by atoms with Crippen LogP contribution in [0, 0.1) is 0 Å². The Morgan fingerprint density at radius 2 is 1.91 bits per heavy atom. The Morgan fingerprint density at radius 1 is 1.23 bits per heavy atom. The minimum atomic E-state index is -0.761. The number of nitrogens with one attached hydrogen (secondary N) is 3. The van der Waals surface area contributed by atoms with E-state index in [1.54, 1.807) is 36.0 Å². The summed E-state index contributed by atoms with van der Waals surface area (Å²) in [5.41, 5.74) is 4.77. The molecule has 0 heterocycles. The monoisotopic (exact) mass is 343 g/mol. The van der Waals surface area contributed by atoms with E-state index in [-0.39, 0.29) is 0 Å². The Hall–Kier alpha value is -1.73. The third kappa shape index (κ3) is 5.95. The normalized spacial score (nSPS) is 11.4. The van der Waals surface area contributed by atoms with Crippen molar-refractivity contribution in [1.29, 1.82) is 0 Å². The number of carbonyl (C=O) groups excluding carboxylic acids is 3. The summed E-state index contributed by atoms with van der Waals surface area (Å²) >= 11 is 7.52. The molecule has 1 aromatic carbocycles. The fraction of sp³-hybridized carbons (Fsp3) is 0.357. The van der Waals surface area contributed by atoms with Crippen molar-refractivity contribution in [2.75, 3.05) is 12.0 Å². The molecular formula is C14H18ClN3O3S. The van der Waals surface area contributed by atoms with Gasteiger partial charge >= 0.3 is 0 Å². The molecule has 0 saturated carbocycles. The first-order valence-electron chi connectivity index (χ1n) is 6.56. The van der Waals surface area contributed by atoms with Crippen LogP contribution in [0.3, 0.4) is 0 Å². The lowest BCUT2D eigenvalue weighted by Crippen LogP contribution is -2.52. The molecule has 1 aromatic rings. The predicted molar refractivity (Wildman–Crippen MR) is 87.7 cm³/mol. The van der Waals surface area contributed by atoms with E-state index in [0.29, 0.717) is 22.8 Å². The first-order chi connectivity index (χ1) is 10.5. The molecule has 1 rings (SSSR count). The highest BCUT2D eigenvalue weighted by molar-refractivity contribution is 7.98. The summed E-state index contributed by atoms with van der Waals surface area (Å²) in [4.78, 5) is 35.1. The maximum atomic E-state index is 12.2. The lowest BCUT2D eigenvalue weighted by Gasteiger charge is -2.18. The summed E-state index contributed by atoms with van der Waals surface area (Å²) in [6.45, 7) is 1.28. The van der Waals surface area contributed by atoms with E-state index >= 15 is 0 Å². The summed E-state index contributed by atoms with van der Waals surface area (Å²) in [7, 11) is 0. The Bertz CT molecular complexity index is 554. The van der Waals surface area contributed by atoms with Gasteiger partial charge in [0.2, 0.25) is 5.91 Å². The van der Waals surface area contributed by atoms with Crippen LogP contribution >= 0.6 is 23.4 Å². The third-order valence-corrected chi connectivity index (χ3v) is 3.69. The van der Waals surface area contributed by atoms with Crippen molar-refractivity contribution in [3.8, 4) is 0 Å². The molecule has 8 heteroatoms. The zero-order chi connectivity index (χ0) is 16.5. The average Bonchev–Trinajstić information content (AvgIpc) is 2.49. The van der Waals surface area contributed by atoms with Gasteiger partial charge in [-0.15, -0.1) is 0 Å². The van der Waals surface area contributed by atoms with Crippen LogP contribution in [0.15, 0.2) is 24.3 Å². The van der Waals surface area contributed by atoms with Crippen LogP contribution in [0.2, 0.25) is 5.02 Å². The van der Waals surface area contributed by atoms with Crippen LogP contribution in [0.1, 0.15) is 23.7 Å². The van der Waals surface area contributed by atoms with E-state index in [1.807, 2.05) is 6.26 Å². The number of hydrogen-bond donors (Lipinski definition) is 3. The van der Waals surface area contributed by atoms with Gasteiger partial charge in [-0.2, -0.15) is 11.8 Å². The number of benzene rings is 1. The van der Waals surface area contributed by atoms with E-state index in [1.165, 1.54) is 6.92 Å². The SMILES string of the molecule is CSCC[C@H](NC(=O)c1ccccc1Cl)C(=O)NNC(C)=O. The van der Waals surface area contributed by atoms with Gasteiger partial charge in [-0.25, -0.2) is 0 Å². The standard InChI is InChI=1S/C14H18ClN3O3S/c1-9(19)17-18-14(21)12(7-8-22-2)16-13(20)10-5-3-4-6-11(10)15/h3-6,12H,7-8H2,1-2H3,(H,16,20)(H,17,19)(H,18,21)/t12-/m0/s1. The second kappa shape index (κ2) is 9.32. The Labute approximate surface area is 138 Å². The van der Waals surface area contributed by atoms with Crippen LogP contribution in [-0.2, 0) is 9.59 Å². The topological polar surface area (TPSA) is 87.3 Å². The van der Waals surface area contributed by atoms with Crippen LogP contribution in [-0.4, -0.2) is 35.8 Å². The third-order valence-electron chi connectivity index (χ3n) is 2.71. The largest absolute Gasteiger partial charge is 0.340 e. The van der Waals surface area contributed by atoms with E-state index in [2.05, 4.69) is 16.2 Å². The van der Waals surface area contributed by atoms with Gasteiger partial charge in [-0.05, 0) is 30.6 Å². The average molecular weight is 344 g/mol. The molecule has 22 heavy (non-hydrogen) atoms. The molecule has 3 amide bonds. The van der Waals surface area contributed by atoms with Crippen LogP contribution in [0.25, 0.3) is 0 Å². The maximum absolute atomic E-state index is 12.2. The van der Waals surface area contributed by atoms with Crippen molar-refractivity contribution < 1.29 is 14.4 Å². The number of rotatable bonds is 6. The highest BCUT2D eigenvalue weighted by Gasteiger charge is 2.22. The Kier molecular flexibility index (Phi) is 7.76. The van der Waals surface area contributed by atoms with Crippen LogP contribution in [0.4, 0.5) is 0 Å². The molecule has 6 nitrogen and oxygen atoms in total. The van der Waals surface area contributed by atoms with E-state index < -0.39 is 23.8 Å². The molecule has 0 spiro atoms. The van der Waals surface area contributed by atoms with E-state index in [4.69, 9.17) is 11.6 Å². The van der Waals surface area contributed by atoms with Crippen molar-refractivity contribution >= 4 is 41.1 Å². The number of thioether (sulfide) groups is 1. The molecule has 0 unspecified atom stereocenters. The highest BCUT2D eigenvalue weighted by atomic mass is 35.5. The fourth-order valence-electron chi connectivity index (χ4n) is 1.62. The quantitative estimate of drug-likeness (QED) is 0.681. The zero-order valence-electron chi connectivity index (χ0n) is 12.3. The van der Waals surface area contributed by atoms with Crippen LogP contribution < -0.4 is 16.2 Å². The minimum Gasteiger partial charge on any atom is -0.340 e. The number of carbonyl (C=O) groups is 3. The molecule has 0 aliphatic carbocycles. The Morgan fingerprint density at radius 3 is 2.50 bits per heavy atom. The molecular weight excluding hydrogens is 326 g/mol. The highest BCUT2D eigenvalue weighted by Crippen LogP contribution is 2.15. The minimum absolute atomic E-state index is 0.297. The maximum Gasteiger partial charge on any atom is 0.260 e. The summed E-state index contributed by atoms with van der Waals surface area (Å²) in [6, 6.07) is 5.82. The van der Waals surface area contributed by atoms with E-state index in [9.17, 15) is 14.4 Å². The van der Waals surface area contributed by atoms with Crippen molar-refractivity contribution in [1.82, 2.24) is 16.2 Å². The number of hydrazine groups is 1. The summed E-state index contributed by atoms with van der Waals surface area (Å²) in [6.07, 6.45) is 2.33. The molecule has 0 aliphatic rings. The number of halogens is 1. The second-order valence-electron chi connectivity index (χ2n) is 4.46. The summed E-state index contributed by atoms with van der Waals surface area (Å²) in [5, 5.41) is 2.94. The molecule has 3 N–H and O–H groups in total. The Balaban J connectivity index is 2.75. The number of hydrogen-bond acceptors (Lipinski definition) is 4. The molecule has 120 valence electrons. The fourth-order valence-corrected chi connectivity index (χ4v) is 2.32. The summed E-state index contributed by atoms with van der Waals surface area (Å²) < 4.78 is 0. The van der Waals surface area contributed by atoms with Crippen molar-refractivity contribution in [3.05, 3.63) is 34.9 Å². The molecule has 0 saturated heterocycles. The van der Waals surface area contributed by atoms with Gasteiger partial charge in [0.15, 0.2) is 0 Å². The van der Waals surface area contributed by atoms with Gasteiger partial charge < -0.3 is 5.32 Å². The smallest absolute Gasteiger partial charge is 0.260 e. The lowest BCUT2D eigenvalue weighted by atomic mass is 10.1. The molecule has 0 bridgehead atoms. The van der Waals surface area contributed by atoms with Crippen molar-refractivity contribution in [2.45, 2.75) is 19.4 Å². The van der Waals surface area contributed by atoms with Gasteiger partial charge in [0.05, 0.1) is 10.6 Å². The van der Waals surface area contributed by atoms with Crippen molar-refractivity contribution in [3.63, 3.8) is 0 Å². The van der Waals surface area contributed by atoms with Gasteiger partial charge in [-0.1, -0.05) is 23.7 Å². The lowest BCUT2D eigenvalue weighted by molar-refractivity contribution is -0.129. The molecule has 0 aliphatic heterocycles. The van der Waals surface area contributed by atoms with E-state index in [0.717, 1.165) is 0 Å². The molecule has 0 fully saturated rings. The predicted octanol–water partition coefficient (Wildman–Crippen LogP) is 1.36. The first kappa shape index (κ1) is 18.3. The molecule has 1 atom stereocenters. The zero-order valence-corrected chi connectivity index (χ0v) is 13.9. The molecule has 0 radical (unpaired) electrons. The first-order valence-corrected chi connectivity index (χ1v) is 8.33. The van der Waals surface area contributed by atoms with Crippen LogP contribution in [0.5, 0.6) is 0 Å². The van der Waals surface area contributed by atoms with Crippen molar-refractivity contribution in [2.24, 2.45) is 0 Å². The molecule has 0 aromatic heterocycles. The van der Waals surface area contributed by atoms with Gasteiger partial charge in [0.25, 0.3) is 11.8 Å². The number of amides is 3. The summed E-state index contributed by atoms with van der Waals surface area (Å²) in [5.74, 6) is -0.630. The second-order valence-corrected chi connectivity index (χ2v) is 5.85. The van der Waals surface area contributed by atoms with Gasteiger partial charge in [0.1, 0.15) is 6.04 Å². The van der Waals surface area contributed by atoms with Gasteiger partial charge in [-0.3, -0.25) is 25.2 Å².